The van der Waals surface area contributed by atoms with E-state index in [0.717, 1.165) is 57.3 Å². The van der Waals surface area contributed by atoms with Crippen LogP contribution in [0.15, 0.2) is 16.5 Å². The van der Waals surface area contributed by atoms with Crippen molar-refractivity contribution in [1.29, 1.82) is 0 Å². The van der Waals surface area contributed by atoms with Crippen molar-refractivity contribution in [1.82, 2.24) is 9.80 Å². The Morgan fingerprint density at radius 2 is 2.23 bits per heavy atom. The molecule has 3 rings (SSSR count). The molecule has 0 bridgehead atoms. The maximum atomic E-state index is 6.22. The van der Waals surface area contributed by atoms with Crippen LogP contribution in [-0.2, 0) is 16.0 Å². The van der Waals surface area contributed by atoms with Gasteiger partial charge in [-0.25, -0.2) is 0 Å². The molecule has 2 saturated heterocycles. The van der Waals surface area contributed by atoms with Crippen LogP contribution in [0.4, 0.5) is 0 Å². The van der Waals surface area contributed by atoms with Crippen LogP contribution < -0.4 is 0 Å². The molecule has 0 N–H and O–H groups in total. The molecule has 0 aliphatic carbocycles. The van der Waals surface area contributed by atoms with Gasteiger partial charge in [0, 0.05) is 19.6 Å². The maximum Gasteiger partial charge on any atom is 0.118 e. The van der Waals surface area contributed by atoms with Gasteiger partial charge in [-0.05, 0) is 45.5 Å². The van der Waals surface area contributed by atoms with Gasteiger partial charge in [-0.1, -0.05) is 0 Å². The number of hydrogen-bond acceptors (Lipinski definition) is 5. The summed E-state index contributed by atoms with van der Waals surface area (Å²) >= 11 is 0. The van der Waals surface area contributed by atoms with Gasteiger partial charge in [0.2, 0.25) is 0 Å². The van der Waals surface area contributed by atoms with E-state index in [1.165, 1.54) is 0 Å². The van der Waals surface area contributed by atoms with E-state index in [1.54, 1.807) is 0 Å². The fourth-order valence-electron chi connectivity index (χ4n) is 3.69. The van der Waals surface area contributed by atoms with Crippen LogP contribution >= 0.6 is 0 Å². The average molecular weight is 308 g/mol. The van der Waals surface area contributed by atoms with Gasteiger partial charge in [0.1, 0.15) is 17.1 Å². The highest BCUT2D eigenvalue weighted by atomic mass is 16.5. The van der Waals surface area contributed by atoms with Crippen LogP contribution in [0.3, 0.4) is 0 Å². The fraction of sp³-hybridized carbons (Fsp3) is 0.765. The molecular weight excluding hydrogens is 280 g/mol. The fourth-order valence-corrected chi connectivity index (χ4v) is 3.69. The van der Waals surface area contributed by atoms with Crippen LogP contribution in [0.1, 0.15) is 17.9 Å². The molecule has 0 aromatic carbocycles. The quantitative estimate of drug-likeness (QED) is 0.847. The lowest BCUT2D eigenvalue weighted by molar-refractivity contribution is -0.0566. The molecule has 1 spiro atoms. The predicted octanol–water partition coefficient (Wildman–Crippen LogP) is 1.76. The molecule has 2 aliphatic rings. The Morgan fingerprint density at radius 3 is 2.95 bits per heavy atom. The Kier molecular flexibility index (Phi) is 4.88. The summed E-state index contributed by atoms with van der Waals surface area (Å²) in [6.45, 7) is 8.09. The Balaban J connectivity index is 1.62. The molecule has 0 unspecified atom stereocenters. The second-order valence-corrected chi connectivity index (χ2v) is 7.10. The van der Waals surface area contributed by atoms with Gasteiger partial charge in [-0.3, -0.25) is 4.90 Å². The number of rotatable bonds is 4. The zero-order valence-electron chi connectivity index (χ0n) is 14.0. The molecule has 0 saturated carbocycles. The highest BCUT2D eigenvalue weighted by molar-refractivity contribution is 5.06. The topological polar surface area (TPSA) is 38.1 Å². The molecule has 2 fully saturated rings. The van der Waals surface area contributed by atoms with E-state index in [1.807, 2.05) is 13.0 Å². The summed E-state index contributed by atoms with van der Waals surface area (Å²) in [5, 5.41) is 0. The number of nitrogens with zero attached hydrogens (tertiary/aromatic N) is 2. The normalized spacial score (nSPS) is 30.3. The summed E-state index contributed by atoms with van der Waals surface area (Å²) in [7, 11) is 4.25. The van der Waals surface area contributed by atoms with Crippen molar-refractivity contribution >= 4 is 0 Å². The predicted molar refractivity (Wildman–Crippen MR) is 84.9 cm³/mol. The summed E-state index contributed by atoms with van der Waals surface area (Å²) < 4.78 is 17.8. The molecule has 22 heavy (non-hydrogen) atoms. The van der Waals surface area contributed by atoms with Gasteiger partial charge in [0.05, 0.1) is 26.4 Å². The molecule has 5 nitrogen and oxygen atoms in total. The third kappa shape index (κ3) is 3.90. The third-order valence-corrected chi connectivity index (χ3v) is 4.51. The summed E-state index contributed by atoms with van der Waals surface area (Å²) in [6, 6.07) is 4.09. The zero-order chi connectivity index (χ0) is 15.6. The molecule has 124 valence electrons. The first kappa shape index (κ1) is 16.0. The zero-order valence-corrected chi connectivity index (χ0v) is 14.0. The Morgan fingerprint density at radius 1 is 1.36 bits per heavy atom. The lowest BCUT2D eigenvalue weighted by Gasteiger charge is -2.30. The van der Waals surface area contributed by atoms with Gasteiger partial charge in [0.25, 0.3) is 0 Å². The van der Waals surface area contributed by atoms with Gasteiger partial charge in [-0.2, -0.15) is 0 Å². The lowest BCUT2D eigenvalue weighted by Crippen LogP contribution is -2.44. The first-order valence-electron chi connectivity index (χ1n) is 8.19. The first-order valence-corrected chi connectivity index (χ1v) is 8.19. The average Bonchev–Trinajstić information content (AvgIpc) is 2.95. The van der Waals surface area contributed by atoms with Crippen molar-refractivity contribution in [2.24, 2.45) is 5.92 Å². The first-order chi connectivity index (χ1) is 10.5. The van der Waals surface area contributed by atoms with Crippen LogP contribution in [0.5, 0.6) is 0 Å². The monoisotopic (exact) mass is 308 g/mol. The number of hydrogen-bond donors (Lipinski definition) is 0. The van der Waals surface area contributed by atoms with E-state index in [-0.39, 0.29) is 5.60 Å². The van der Waals surface area contributed by atoms with E-state index < -0.39 is 0 Å². The Labute approximate surface area is 133 Å². The molecule has 2 aliphatic heterocycles. The lowest BCUT2D eigenvalue weighted by atomic mass is 9.94. The second-order valence-electron chi connectivity index (χ2n) is 7.10. The molecule has 1 aromatic rings. The minimum absolute atomic E-state index is 0.140. The third-order valence-electron chi connectivity index (χ3n) is 4.51. The molecule has 2 atom stereocenters. The van der Waals surface area contributed by atoms with Crippen molar-refractivity contribution < 1.29 is 13.9 Å². The van der Waals surface area contributed by atoms with Crippen molar-refractivity contribution in [3.63, 3.8) is 0 Å². The number of ether oxygens (including phenoxy) is 2. The van der Waals surface area contributed by atoms with Gasteiger partial charge < -0.3 is 18.8 Å². The molecule has 3 heterocycles. The van der Waals surface area contributed by atoms with E-state index in [4.69, 9.17) is 13.9 Å². The molecule has 5 heteroatoms. The van der Waals surface area contributed by atoms with E-state index >= 15 is 0 Å². The summed E-state index contributed by atoms with van der Waals surface area (Å²) in [4.78, 5) is 4.65. The standard InChI is InChI=1S/C17H28N2O3/c1-14-4-5-16(22-14)10-19-6-7-20-13-17(12-19)8-15(11-21-17)9-18(2)3/h4-5,15H,6-13H2,1-3H3/t15-,17+/m1/s1. The Bertz CT molecular complexity index is 488. The van der Waals surface area contributed by atoms with E-state index in [2.05, 4.69) is 30.0 Å². The Hall–Kier alpha value is -0.880. The van der Waals surface area contributed by atoms with Crippen LogP contribution in [0.2, 0.25) is 0 Å². The molecule has 1 aromatic heterocycles. The summed E-state index contributed by atoms with van der Waals surface area (Å²) in [6.07, 6.45) is 1.08. The SMILES string of the molecule is Cc1ccc(CN2CCOC[C@]3(C[C@H](CN(C)C)CO3)C2)o1. The molecule has 0 amide bonds. The number of aryl methyl sites for hydroxylation is 1. The largest absolute Gasteiger partial charge is 0.465 e. The minimum Gasteiger partial charge on any atom is -0.465 e. The number of furan rings is 1. The van der Waals surface area contributed by atoms with Crippen LogP contribution in [-0.4, -0.2) is 69.0 Å². The van der Waals surface area contributed by atoms with Crippen molar-refractivity contribution in [2.45, 2.75) is 25.5 Å². The maximum absolute atomic E-state index is 6.22. The summed E-state index contributed by atoms with van der Waals surface area (Å²) in [5.41, 5.74) is -0.140. The summed E-state index contributed by atoms with van der Waals surface area (Å²) in [5.74, 6) is 2.60. The van der Waals surface area contributed by atoms with Crippen molar-refractivity contribution in [3.8, 4) is 0 Å². The van der Waals surface area contributed by atoms with Crippen molar-refractivity contribution in [2.75, 3.05) is 53.6 Å². The van der Waals surface area contributed by atoms with Gasteiger partial charge in [-0.15, -0.1) is 0 Å². The van der Waals surface area contributed by atoms with Crippen LogP contribution in [0.25, 0.3) is 0 Å². The smallest absolute Gasteiger partial charge is 0.118 e. The van der Waals surface area contributed by atoms with E-state index in [0.29, 0.717) is 12.5 Å². The highest BCUT2D eigenvalue weighted by Gasteiger charge is 2.43. The van der Waals surface area contributed by atoms with E-state index in [9.17, 15) is 0 Å². The molecular formula is C17H28N2O3. The van der Waals surface area contributed by atoms with Gasteiger partial charge in [0.15, 0.2) is 0 Å². The second kappa shape index (κ2) is 6.71. The van der Waals surface area contributed by atoms with Crippen LogP contribution in [0, 0.1) is 12.8 Å². The van der Waals surface area contributed by atoms with Gasteiger partial charge >= 0.3 is 0 Å². The molecule has 0 radical (unpaired) electrons. The highest BCUT2D eigenvalue weighted by Crippen LogP contribution is 2.33. The van der Waals surface area contributed by atoms with Crippen molar-refractivity contribution in [3.05, 3.63) is 23.7 Å². The minimum atomic E-state index is -0.140.